The molecule has 0 amide bonds. The van der Waals surface area contributed by atoms with Crippen molar-refractivity contribution in [1.29, 1.82) is 0 Å². The molecule has 8 heteroatoms. The molecular formula is C21H23N3O5. The number of hydrogen-bond acceptors (Lipinski definition) is 7. The Morgan fingerprint density at radius 1 is 1.10 bits per heavy atom. The minimum atomic E-state index is -1.25. The van der Waals surface area contributed by atoms with Crippen molar-refractivity contribution < 1.29 is 25.2 Å². The summed E-state index contributed by atoms with van der Waals surface area (Å²) in [4.78, 5) is 8.48. The molecule has 1 aliphatic heterocycles. The van der Waals surface area contributed by atoms with Crippen molar-refractivity contribution in [3.8, 4) is 0 Å². The van der Waals surface area contributed by atoms with E-state index in [0.29, 0.717) is 23.3 Å². The summed E-state index contributed by atoms with van der Waals surface area (Å²) in [7, 11) is 0. The molecule has 2 aliphatic rings. The second kappa shape index (κ2) is 7.16. The number of rotatable bonds is 5. The first kappa shape index (κ1) is 18.7. The Kier molecular flexibility index (Phi) is 4.60. The Morgan fingerprint density at radius 2 is 1.93 bits per heavy atom. The summed E-state index contributed by atoms with van der Waals surface area (Å²) in [6.07, 6.45) is 0.129. The summed E-state index contributed by atoms with van der Waals surface area (Å²) in [5.41, 5.74) is 4.39. The predicted octanol–water partition coefficient (Wildman–Crippen LogP) is 0.417. The molecule has 0 radical (unpaired) electrons. The first-order chi connectivity index (χ1) is 14.1. The normalized spacial score (nSPS) is 27.0. The lowest BCUT2D eigenvalue weighted by Crippen LogP contribution is -2.35. The summed E-state index contributed by atoms with van der Waals surface area (Å²) in [5.74, 6) is 0. The third-order valence-corrected chi connectivity index (χ3v) is 6.04. The molecule has 152 valence electrons. The molecule has 2 aromatic heterocycles. The number of benzene rings is 1. The molecule has 5 rings (SSSR count). The molecule has 4 N–H and O–H groups in total. The monoisotopic (exact) mass is 397 g/mol. The smallest absolute Gasteiger partial charge is 0.164 e. The second-order valence-electron chi connectivity index (χ2n) is 7.70. The van der Waals surface area contributed by atoms with E-state index in [9.17, 15) is 20.4 Å². The van der Waals surface area contributed by atoms with Crippen LogP contribution in [-0.2, 0) is 24.0 Å². The number of aromatic nitrogens is 3. The first-order valence-corrected chi connectivity index (χ1v) is 9.81. The Morgan fingerprint density at radius 3 is 2.66 bits per heavy atom. The summed E-state index contributed by atoms with van der Waals surface area (Å²) in [6, 6.07) is 7.58. The summed E-state index contributed by atoms with van der Waals surface area (Å²) in [5, 5.41) is 42.0. The number of hydrogen-bond donors (Lipinski definition) is 4. The Bertz CT molecular complexity index is 1050. The van der Waals surface area contributed by atoms with Crippen molar-refractivity contribution in [3.05, 3.63) is 59.2 Å². The van der Waals surface area contributed by atoms with Crippen LogP contribution in [-0.4, -0.2) is 59.9 Å². The van der Waals surface area contributed by atoms with Crippen molar-refractivity contribution in [2.24, 2.45) is 0 Å². The van der Waals surface area contributed by atoms with E-state index in [2.05, 4.69) is 9.97 Å². The summed E-state index contributed by atoms with van der Waals surface area (Å²) < 4.78 is 7.58. The Hall–Kier alpha value is -2.36. The molecule has 0 unspecified atom stereocenters. The lowest BCUT2D eigenvalue weighted by Gasteiger charge is -2.25. The van der Waals surface area contributed by atoms with Crippen LogP contribution < -0.4 is 0 Å². The van der Waals surface area contributed by atoms with Crippen molar-refractivity contribution in [2.45, 2.75) is 49.9 Å². The molecule has 0 bridgehead atoms. The Labute approximate surface area is 167 Å². The largest absolute Gasteiger partial charge is 0.396 e. The van der Waals surface area contributed by atoms with E-state index in [-0.39, 0.29) is 6.61 Å². The van der Waals surface area contributed by atoms with Gasteiger partial charge in [0.1, 0.15) is 36.4 Å². The molecule has 1 aromatic carbocycles. The van der Waals surface area contributed by atoms with Crippen molar-refractivity contribution in [1.82, 2.24) is 14.5 Å². The second-order valence-corrected chi connectivity index (χ2v) is 7.70. The van der Waals surface area contributed by atoms with Crippen LogP contribution in [0.2, 0.25) is 0 Å². The van der Waals surface area contributed by atoms with Crippen LogP contribution in [0.1, 0.15) is 34.7 Å². The van der Waals surface area contributed by atoms with Gasteiger partial charge < -0.3 is 29.7 Å². The lowest BCUT2D eigenvalue weighted by molar-refractivity contribution is -0.0848. The van der Waals surface area contributed by atoms with Gasteiger partial charge in [0.2, 0.25) is 0 Å². The van der Waals surface area contributed by atoms with Gasteiger partial charge in [-0.15, -0.1) is 0 Å². The predicted molar refractivity (Wildman–Crippen MR) is 103 cm³/mol. The maximum atomic E-state index is 10.8. The molecule has 0 saturated carbocycles. The van der Waals surface area contributed by atoms with E-state index in [0.717, 1.165) is 18.2 Å². The third kappa shape index (κ3) is 2.95. The van der Waals surface area contributed by atoms with E-state index < -0.39 is 30.6 Å². The van der Waals surface area contributed by atoms with Gasteiger partial charge in [-0.1, -0.05) is 18.2 Å². The van der Waals surface area contributed by atoms with E-state index in [1.54, 1.807) is 16.8 Å². The minimum Gasteiger partial charge on any atom is -0.396 e. The number of nitrogens with zero attached hydrogens (tertiary/aromatic N) is 3. The van der Waals surface area contributed by atoms with Crippen LogP contribution in [0.3, 0.4) is 0 Å². The van der Waals surface area contributed by atoms with Gasteiger partial charge in [-0.2, -0.15) is 0 Å². The van der Waals surface area contributed by atoms with E-state index >= 15 is 0 Å². The average Bonchev–Trinajstić information content (AvgIpc) is 3.25. The molecule has 0 spiro atoms. The highest BCUT2D eigenvalue weighted by molar-refractivity contribution is 5.78. The van der Waals surface area contributed by atoms with Gasteiger partial charge in [0.15, 0.2) is 6.23 Å². The minimum absolute atomic E-state index is 0.0341. The third-order valence-electron chi connectivity index (χ3n) is 6.04. The highest BCUT2D eigenvalue weighted by atomic mass is 16.6. The maximum absolute atomic E-state index is 10.8. The van der Waals surface area contributed by atoms with E-state index in [1.807, 2.05) is 18.2 Å². The molecule has 3 heterocycles. The highest BCUT2D eigenvalue weighted by Crippen LogP contribution is 2.38. The average molecular weight is 397 g/mol. The van der Waals surface area contributed by atoms with Gasteiger partial charge in [-0.25, -0.2) is 9.97 Å². The van der Waals surface area contributed by atoms with Gasteiger partial charge in [0, 0.05) is 24.6 Å². The fourth-order valence-corrected chi connectivity index (χ4v) is 4.30. The van der Waals surface area contributed by atoms with Crippen molar-refractivity contribution in [2.75, 3.05) is 6.61 Å². The zero-order chi connectivity index (χ0) is 20.1. The van der Waals surface area contributed by atoms with Crippen molar-refractivity contribution >= 4 is 11.0 Å². The maximum Gasteiger partial charge on any atom is 0.164 e. The molecule has 3 aromatic rings. The van der Waals surface area contributed by atoms with E-state index in [1.165, 1.54) is 17.5 Å². The molecule has 5 atom stereocenters. The van der Waals surface area contributed by atoms with Gasteiger partial charge in [0.05, 0.1) is 5.69 Å². The number of fused-ring (bicyclic) bond motifs is 2. The van der Waals surface area contributed by atoms with Crippen molar-refractivity contribution in [3.63, 3.8) is 0 Å². The fraction of sp³-hybridized carbons (Fsp3) is 0.429. The van der Waals surface area contributed by atoms with Crippen LogP contribution in [0, 0.1) is 0 Å². The van der Waals surface area contributed by atoms with Crippen LogP contribution >= 0.6 is 0 Å². The fourth-order valence-electron chi connectivity index (χ4n) is 4.30. The van der Waals surface area contributed by atoms with Crippen LogP contribution in [0.15, 0.2) is 36.8 Å². The van der Waals surface area contributed by atoms with Gasteiger partial charge in [-0.05, 0) is 35.6 Å². The standard InChI is InChI=1S/C21H23N3O5/c25-8-6-15-14-5-7-24(20(14)23-10-22-15)21-18(28)17(27)19(29-21)16(26)13-4-2-11-1-3-12(11)9-13/h2,4-5,7,9-10,16-19,21,25-28H,1,3,6,8H2/t16-,17+,18-,19-,21-/m1/s1. The molecule has 1 fully saturated rings. The summed E-state index contributed by atoms with van der Waals surface area (Å²) in [6.45, 7) is -0.0341. The molecule has 1 aliphatic carbocycles. The zero-order valence-electron chi connectivity index (χ0n) is 15.7. The summed E-state index contributed by atoms with van der Waals surface area (Å²) >= 11 is 0. The molecule has 29 heavy (non-hydrogen) atoms. The van der Waals surface area contributed by atoms with Gasteiger partial charge >= 0.3 is 0 Å². The number of aryl methyl sites for hydroxylation is 2. The molecule has 8 nitrogen and oxygen atoms in total. The SMILES string of the molecule is OCCc1ncnc2c1ccn2[C@@H]1O[C@H]([C@H](O)c2ccc3c(c2)CC3)[C@@H](O)[C@H]1O. The van der Waals surface area contributed by atoms with Crippen LogP contribution in [0.5, 0.6) is 0 Å². The molecular weight excluding hydrogens is 374 g/mol. The quantitative estimate of drug-likeness (QED) is 0.492. The van der Waals surface area contributed by atoms with E-state index in [4.69, 9.17) is 4.74 Å². The van der Waals surface area contributed by atoms with Crippen LogP contribution in [0.25, 0.3) is 11.0 Å². The van der Waals surface area contributed by atoms with Gasteiger partial charge in [0.25, 0.3) is 0 Å². The lowest BCUT2D eigenvalue weighted by atomic mass is 9.85. The number of aliphatic hydroxyl groups excluding tert-OH is 4. The first-order valence-electron chi connectivity index (χ1n) is 9.81. The van der Waals surface area contributed by atoms with Crippen LogP contribution in [0.4, 0.5) is 0 Å². The molecule has 1 saturated heterocycles. The van der Waals surface area contributed by atoms with Gasteiger partial charge in [-0.3, -0.25) is 0 Å². The number of aliphatic hydroxyl groups is 4. The zero-order valence-corrected chi connectivity index (χ0v) is 15.7. The number of ether oxygens (including phenoxy) is 1. The highest BCUT2D eigenvalue weighted by Gasteiger charge is 2.47. The Balaban J connectivity index is 1.44. The topological polar surface area (TPSA) is 121 Å².